The number of nitrogens with zero attached hydrogens (tertiary/aromatic N) is 3. The van der Waals surface area contributed by atoms with Crippen molar-refractivity contribution in [2.45, 2.75) is 64.2 Å². The Hall–Kier alpha value is -3.13. The Kier molecular flexibility index (Phi) is 5.93. The number of nitrogens with one attached hydrogen (secondary N) is 1. The Morgan fingerprint density at radius 2 is 2.03 bits per heavy atom. The fourth-order valence-electron chi connectivity index (χ4n) is 4.52. The van der Waals surface area contributed by atoms with Gasteiger partial charge in [-0.25, -0.2) is 4.98 Å². The van der Waals surface area contributed by atoms with Crippen LogP contribution in [0, 0.1) is 0 Å². The third-order valence-electron chi connectivity index (χ3n) is 6.47. The number of carbonyl (C=O) groups is 1. The van der Waals surface area contributed by atoms with Crippen molar-refractivity contribution >= 4 is 16.7 Å². The highest BCUT2D eigenvalue weighted by Crippen LogP contribution is 2.39. The van der Waals surface area contributed by atoms with Gasteiger partial charge in [0.1, 0.15) is 11.9 Å². The highest BCUT2D eigenvalue weighted by atomic mass is 16.5. The molecule has 2 aromatic heterocycles. The van der Waals surface area contributed by atoms with Crippen LogP contribution in [0.3, 0.4) is 0 Å². The third kappa shape index (κ3) is 4.39. The number of aromatic nitrogens is 3. The van der Waals surface area contributed by atoms with E-state index in [4.69, 9.17) is 20.2 Å². The van der Waals surface area contributed by atoms with Gasteiger partial charge in [-0.1, -0.05) is 0 Å². The Balaban J connectivity index is 1.63. The highest BCUT2D eigenvalue weighted by molar-refractivity contribution is 6.06. The van der Waals surface area contributed by atoms with E-state index in [1.54, 1.807) is 6.07 Å². The van der Waals surface area contributed by atoms with Crippen molar-refractivity contribution in [3.8, 4) is 22.8 Å². The van der Waals surface area contributed by atoms with E-state index in [1.807, 2.05) is 37.0 Å². The van der Waals surface area contributed by atoms with Gasteiger partial charge in [0.25, 0.3) is 5.91 Å². The molecule has 1 aliphatic carbocycles. The largest absolute Gasteiger partial charge is 0.490 e. The third-order valence-corrected chi connectivity index (χ3v) is 6.47. The number of ether oxygens (including phenoxy) is 2. The van der Waals surface area contributed by atoms with Gasteiger partial charge in [-0.05, 0) is 70.0 Å². The number of primary amides is 1. The van der Waals surface area contributed by atoms with Gasteiger partial charge in [0.15, 0.2) is 0 Å². The van der Waals surface area contributed by atoms with E-state index in [-0.39, 0.29) is 12.2 Å². The van der Waals surface area contributed by atoms with E-state index in [1.165, 1.54) is 6.42 Å². The van der Waals surface area contributed by atoms with Crippen molar-refractivity contribution in [2.24, 2.45) is 5.73 Å². The van der Waals surface area contributed by atoms with Gasteiger partial charge in [0.2, 0.25) is 5.88 Å². The molecular formula is C25H31N5O3. The average molecular weight is 450 g/mol. The first-order chi connectivity index (χ1) is 16.0. The Morgan fingerprint density at radius 1 is 1.18 bits per heavy atom. The minimum absolute atomic E-state index is 0.0481. The molecule has 1 amide bonds. The number of pyridine rings is 1. The topological polar surface area (TPSA) is 104 Å². The summed E-state index contributed by atoms with van der Waals surface area (Å²) in [5.74, 6) is 0.457. The summed E-state index contributed by atoms with van der Waals surface area (Å²) in [7, 11) is 0. The quantitative estimate of drug-likeness (QED) is 0.568. The second-order valence-electron chi connectivity index (χ2n) is 9.28. The van der Waals surface area contributed by atoms with Gasteiger partial charge >= 0.3 is 0 Å². The summed E-state index contributed by atoms with van der Waals surface area (Å²) >= 11 is 0. The summed E-state index contributed by atoms with van der Waals surface area (Å²) in [5, 5.41) is 9.61. The van der Waals surface area contributed by atoms with Gasteiger partial charge in [-0.2, -0.15) is 5.10 Å². The molecule has 1 saturated carbocycles. The predicted octanol–water partition coefficient (Wildman–Crippen LogP) is 3.84. The zero-order valence-corrected chi connectivity index (χ0v) is 19.2. The fourth-order valence-corrected chi connectivity index (χ4v) is 4.52. The van der Waals surface area contributed by atoms with Crippen LogP contribution in [0.2, 0.25) is 0 Å². The SMILES string of the molecule is CC(C)Oc1cc2c(O[C@@H]3CCCNC3)ncc(-c3cnn(C4CCC4)c3)c2cc1C(N)=O. The van der Waals surface area contributed by atoms with Crippen LogP contribution in [0.15, 0.2) is 30.7 Å². The van der Waals surface area contributed by atoms with Crippen LogP contribution < -0.4 is 20.5 Å². The van der Waals surface area contributed by atoms with Gasteiger partial charge in [-0.15, -0.1) is 0 Å². The smallest absolute Gasteiger partial charge is 0.252 e. The molecule has 1 aliphatic heterocycles. The van der Waals surface area contributed by atoms with Crippen LogP contribution in [-0.2, 0) is 0 Å². The first-order valence-corrected chi connectivity index (χ1v) is 11.8. The molecule has 0 radical (unpaired) electrons. The Morgan fingerprint density at radius 3 is 2.70 bits per heavy atom. The molecule has 3 N–H and O–H groups in total. The number of fused-ring (bicyclic) bond motifs is 1. The first-order valence-electron chi connectivity index (χ1n) is 11.8. The van der Waals surface area contributed by atoms with Crippen molar-refractivity contribution in [3.63, 3.8) is 0 Å². The van der Waals surface area contributed by atoms with Crippen molar-refractivity contribution in [1.29, 1.82) is 0 Å². The monoisotopic (exact) mass is 449 g/mol. The van der Waals surface area contributed by atoms with E-state index in [9.17, 15) is 4.79 Å². The number of nitrogens with two attached hydrogens (primary N) is 1. The number of carbonyl (C=O) groups excluding carboxylic acids is 1. The molecule has 8 nitrogen and oxygen atoms in total. The fraction of sp³-hybridized carbons (Fsp3) is 0.480. The van der Waals surface area contributed by atoms with Crippen LogP contribution >= 0.6 is 0 Å². The van der Waals surface area contributed by atoms with Gasteiger partial charge in [0.05, 0.1) is 23.9 Å². The van der Waals surface area contributed by atoms with Crippen molar-refractivity contribution in [3.05, 3.63) is 36.3 Å². The van der Waals surface area contributed by atoms with Crippen molar-refractivity contribution in [1.82, 2.24) is 20.1 Å². The zero-order chi connectivity index (χ0) is 22.9. The zero-order valence-electron chi connectivity index (χ0n) is 19.2. The molecule has 0 unspecified atom stereocenters. The van der Waals surface area contributed by atoms with Gasteiger partial charge < -0.3 is 20.5 Å². The van der Waals surface area contributed by atoms with Crippen LogP contribution in [-0.4, -0.2) is 46.0 Å². The van der Waals surface area contributed by atoms with Crippen LogP contribution in [0.5, 0.6) is 11.6 Å². The number of rotatable bonds is 7. The van der Waals surface area contributed by atoms with E-state index >= 15 is 0 Å². The number of amides is 1. The second kappa shape index (κ2) is 9.02. The molecule has 0 bridgehead atoms. The van der Waals surface area contributed by atoms with Crippen LogP contribution in [0.1, 0.15) is 62.4 Å². The first kappa shape index (κ1) is 21.7. The molecule has 1 saturated heterocycles. The van der Waals surface area contributed by atoms with Gasteiger partial charge in [0, 0.05) is 35.5 Å². The van der Waals surface area contributed by atoms with Crippen molar-refractivity contribution in [2.75, 3.05) is 13.1 Å². The molecule has 33 heavy (non-hydrogen) atoms. The standard InChI is InChI=1S/C25H31N5O3/c1-15(2)32-23-10-20-19(9-21(23)24(26)31)22(16-11-29-30(14-16)17-5-3-6-17)13-28-25(20)33-18-7-4-8-27-12-18/h9-11,13-15,17-18,27H,3-8,12H2,1-2H3,(H2,26,31)/t18-/m1/s1. The molecule has 1 atom stereocenters. The lowest BCUT2D eigenvalue weighted by Crippen LogP contribution is -2.37. The minimum atomic E-state index is -0.528. The van der Waals surface area contributed by atoms with Crippen LogP contribution in [0.25, 0.3) is 21.9 Å². The van der Waals surface area contributed by atoms with E-state index in [0.717, 1.165) is 60.7 Å². The minimum Gasteiger partial charge on any atom is -0.490 e. The molecule has 3 heterocycles. The molecule has 5 rings (SSSR count). The lowest BCUT2D eigenvalue weighted by molar-refractivity contribution is 0.0994. The molecule has 2 fully saturated rings. The molecule has 174 valence electrons. The Bertz CT molecular complexity index is 1160. The van der Waals surface area contributed by atoms with Gasteiger partial charge in [-0.3, -0.25) is 9.48 Å². The lowest BCUT2D eigenvalue weighted by atomic mass is 9.93. The number of hydrogen-bond acceptors (Lipinski definition) is 6. The maximum absolute atomic E-state index is 12.3. The molecular weight excluding hydrogens is 418 g/mol. The summed E-state index contributed by atoms with van der Waals surface area (Å²) < 4.78 is 14.3. The predicted molar refractivity (Wildman–Crippen MR) is 127 cm³/mol. The normalized spacial score (nSPS) is 18.9. The van der Waals surface area contributed by atoms with Crippen molar-refractivity contribution < 1.29 is 14.3 Å². The van der Waals surface area contributed by atoms with E-state index in [2.05, 4.69) is 16.6 Å². The molecule has 8 heteroatoms. The Labute approximate surface area is 193 Å². The second-order valence-corrected chi connectivity index (χ2v) is 9.28. The van der Waals surface area contributed by atoms with E-state index < -0.39 is 5.91 Å². The summed E-state index contributed by atoms with van der Waals surface area (Å²) in [4.78, 5) is 17.0. The average Bonchev–Trinajstić information content (AvgIpc) is 3.21. The molecule has 2 aliphatic rings. The molecule has 0 spiro atoms. The number of piperidine rings is 1. The highest BCUT2D eigenvalue weighted by Gasteiger charge is 2.23. The summed E-state index contributed by atoms with van der Waals surface area (Å²) in [5.41, 5.74) is 7.93. The summed E-state index contributed by atoms with van der Waals surface area (Å²) in [6.07, 6.45) is 11.3. The number of benzene rings is 1. The maximum Gasteiger partial charge on any atom is 0.252 e. The molecule has 1 aromatic carbocycles. The van der Waals surface area contributed by atoms with Crippen LogP contribution in [0.4, 0.5) is 0 Å². The number of hydrogen-bond donors (Lipinski definition) is 2. The summed E-state index contributed by atoms with van der Waals surface area (Å²) in [6.45, 7) is 5.63. The van der Waals surface area contributed by atoms with E-state index in [0.29, 0.717) is 23.2 Å². The molecule has 3 aromatic rings. The maximum atomic E-state index is 12.3. The lowest BCUT2D eigenvalue weighted by Gasteiger charge is -2.25. The summed E-state index contributed by atoms with van der Waals surface area (Å²) in [6, 6.07) is 4.11.